The molecule has 0 radical (unpaired) electrons. The van der Waals surface area contributed by atoms with Gasteiger partial charge in [0.25, 0.3) is 5.69 Å². The zero-order chi connectivity index (χ0) is 12.1. The number of nitro groups is 1. The van der Waals surface area contributed by atoms with Crippen LogP contribution in [-0.4, -0.2) is 24.4 Å². The van der Waals surface area contributed by atoms with Gasteiger partial charge < -0.3 is 4.74 Å². The van der Waals surface area contributed by atoms with Gasteiger partial charge in [-0.3, -0.25) is 14.9 Å². The van der Waals surface area contributed by atoms with Crippen LogP contribution in [0.5, 0.6) is 0 Å². The van der Waals surface area contributed by atoms with E-state index in [4.69, 9.17) is 0 Å². The predicted octanol–water partition coefficient (Wildman–Crippen LogP) is 1.96. The number of Topliss-reactive ketones (excluding diaryl/α,β-unsaturated/α-hetero) is 1. The number of methoxy groups -OCH3 is 1. The molecule has 0 aliphatic heterocycles. The van der Waals surface area contributed by atoms with E-state index >= 15 is 0 Å². The molecule has 0 heterocycles. The molecule has 86 valence electrons. The Labute approximate surface area is 106 Å². The molecule has 6 heteroatoms. The first-order valence-corrected chi connectivity index (χ1v) is 5.56. The lowest BCUT2D eigenvalue weighted by atomic mass is 10.1. The number of nitrogens with zero attached hydrogens (tertiary/aromatic N) is 1. The van der Waals surface area contributed by atoms with Gasteiger partial charge in [-0.15, -0.1) is 0 Å². The summed E-state index contributed by atoms with van der Waals surface area (Å²) in [6, 6.07) is 4.80. The van der Waals surface area contributed by atoms with Crippen molar-refractivity contribution in [1.82, 2.24) is 0 Å². The van der Waals surface area contributed by atoms with Gasteiger partial charge in [-0.25, -0.2) is 0 Å². The summed E-state index contributed by atoms with van der Waals surface area (Å²) >= 11 is 1.99. The van der Waals surface area contributed by atoms with Crippen molar-refractivity contribution in [3.05, 3.63) is 37.4 Å². The summed E-state index contributed by atoms with van der Waals surface area (Å²) in [5.74, 6) is -0.174. The predicted molar refractivity (Wildman–Crippen MR) is 66.4 cm³/mol. The lowest BCUT2D eigenvalue weighted by Gasteiger charge is -2.02. The normalized spacial score (nSPS) is 10.1. The molecule has 0 spiro atoms. The molecule has 0 unspecified atom stereocenters. The van der Waals surface area contributed by atoms with Crippen LogP contribution >= 0.6 is 22.6 Å². The van der Waals surface area contributed by atoms with Crippen LogP contribution in [0.15, 0.2) is 18.2 Å². The van der Waals surface area contributed by atoms with Gasteiger partial charge in [0.1, 0.15) is 6.61 Å². The summed E-state index contributed by atoms with van der Waals surface area (Å²) < 4.78 is 5.45. The second-order valence-electron chi connectivity index (χ2n) is 3.18. The number of halogens is 1. The van der Waals surface area contributed by atoms with Crippen molar-refractivity contribution in [2.24, 2.45) is 0 Å². The Bertz CT molecular complexity index is 419. The number of ketones is 1. The van der Waals surface area contributed by atoms with E-state index in [1.165, 1.54) is 13.2 Å². The summed E-state index contributed by atoms with van der Waals surface area (Å²) in [6.45, 7) is -0.0247. The van der Waals surface area contributed by atoms with Crippen molar-refractivity contribution in [3.8, 4) is 0 Å². The lowest BCUT2D eigenvalue weighted by molar-refractivity contribution is -0.385. The van der Waals surface area contributed by atoms with Crippen LogP contribution in [0.3, 0.4) is 0 Å². The van der Waals surface area contributed by atoms with Crippen molar-refractivity contribution in [1.29, 1.82) is 0 Å². The first-order valence-electron chi connectivity index (χ1n) is 4.48. The molecule has 1 aromatic rings. The van der Waals surface area contributed by atoms with E-state index in [1.807, 2.05) is 22.6 Å². The fourth-order valence-electron chi connectivity index (χ4n) is 1.28. The highest BCUT2D eigenvalue weighted by molar-refractivity contribution is 14.1. The molecule has 0 N–H and O–H groups in total. The zero-order valence-electron chi connectivity index (χ0n) is 8.60. The number of hydrogen-bond acceptors (Lipinski definition) is 4. The van der Waals surface area contributed by atoms with Gasteiger partial charge in [-0.05, 0) is 28.7 Å². The fourth-order valence-corrected chi connectivity index (χ4v) is 1.76. The van der Waals surface area contributed by atoms with Gasteiger partial charge in [-0.1, -0.05) is 6.07 Å². The summed E-state index contributed by atoms with van der Waals surface area (Å²) in [4.78, 5) is 21.6. The SMILES string of the molecule is COCC(=O)Cc1ccc(I)cc1[N+](=O)[O-]. The number of nitro benzene ring substituents is 1. The standard InChI is InChI=1S/C10H10INO4/c1-16-6-9(13)4-7-2-3-8(11)5-10(7)12(14)15/h2-3,5H,4,6H2,1H3. The highest BCUT2D eigenvalue weighted by Gasteiger charge is 2.16. The van der Waals surface area contributed by atoms with E-state index in [0.29, 0.717) is 5.56 Å². The quantitative estimate of drug-likeness (QED) is 0.469. The van der Waals surface area contributed by atoms with Gasteiger partial charge in [-0.2, -0.15) is 0 Å². The van der Waals surface area contributed by atoms with E-state index in [-0.39, 0.29) is 24.5 Å². The molecule has 16 heavy (non-hydrogen) atoms. The van der Waals surface area contributed by atoms with Crippen LogP contribution in [-0.2, 0) is 16.0 Å². The Hall–Kier alpha value is -1.02. The third-order valence-corrected chi connectivity index (χ3v) is 2.61. The molecule has 0 saturated heterocycles. The van der Waals surface area contributed by atoms with Gasteiger partial charge in [0.15, 0.2) is 5.78 Å². The van der Waals surface area contributed by atoms with Gasteiger partial charge in [0, 0.05) is 28.7 Å². The summed E-state index contributed by atoms with van der Waals surface area (Å²) in [5.41, 5.74) is 0.406. The molecule has 0 aliphatic carbocycles. The monoisotopic (exact) mass is 335 g/mol. The van der Waals surface area contributed by atoms with Crippen molar-refractivity contribution < 1.29 is 14.5 Å². The number of rotatable bonds is 5. The van der Waals surface area contributed by atoms with Crippen molar-refractivity contribution in [2.45, 2.75) is 6.42 Å². The molecule has 0 aromatic heterocycles. The molecule has 0 saturated carbocycles. The largest absolute Gasteiger partial charge is 0.377 e. The van der Waals surface area contributed by atoms with Gasteiger partial charge in [0.2, 0.25) is 0 Å². The van der Waals surface area contributed by atoms with Crippen LogP contribution in [0.25, 0.3) is 0 Å². The van der Waals surface area contributed by atoms with Crippen LogP contribution < -0.4 is 0 Å². The van der Waals surface area contributed by atoms with Crippen LogP contribution in [0.4, 0.5) is 5.69 Å². The average Bonchev–Trinajstić information content (AvgIpc) is 2.20. The summed E-state index contributed by atoms with van der Waals surface area (Å²) in [5, 5.41) is 10.8. The van der Waals surface area contributed by atoms with Crippen molar-refractivity contribution in [3.63, 3.8) is 0 Å². The summed E-state index contributed by atoms with van der Waals surface area (Å²) in [7, 11) is 1.42. The minimum absolute atomic E-state index is 0.0173. The van der Waals surface area contributed by atoms with Crippen molar-refractivity contribution >= 4 is 34.1 Å². The van der Waals surface area contributed by atoms with Crippen LogP contribution in [0.2, 0.25) is 0 Å². The Balaban J connectivity index is 2.95. The van der Waals surface area contributed by atoms with Crippen LogP contribution in [0.1, 0.15) is 5.56 Å². The second-order valence-corrected chi connectivity index (χ2v) is 4.42. The Morgan fingerprint density at radius 3 is 2.81 bits per heavy atom. The molecule has 0 fully saturated rings. The minimum Gasteiger partial charge on any atom is -0.377 e. The highest BCUT2D eigenvalue weighted by atomic mass is 127. The van der Waals surface area contributed by atoms with Gasteiger partial charge >= 0.3 is 0 Å². The Morgan fingerprint density at radius 2 is 2.25 bits per heavy atom. The molecule has 1 rings (SSSR count). The van der Waals surface area contributed by atoms with E-state index in [0.717, 1.165) is 3.57 Å². The number of benzene rings is 1. The summed E-state index contributed by atoms with van der Waals surface area (Å²) in [6.07, 6.45) is 0.0288. The highest BCUT2D eigenvalue weighted by Crippen LogP contribution is 2.22. The van der Waals surface area contributed by atoms with Crippen LogP contribution in [0, 0.1) is 13.7 Å². The van der Waals surface area contributed by atoms with E-state index in [2.05, 4.69) is 4.74 Å². The van der Waals surface area contributed by atoms with E-state index in [1.54, 1.807) is 12.1 Å². The number of carbonyl (C=O) groups is 1. The minimum atomic E-state index is -0.475. The maximum Gasteiger partial charge on any atom is 0.274 e. The number of carbonyl (C=O) groups excluding carboxylic acids is 1. The van der Waals surface area contributed by atoms with Crippen molar-refractivity contribution in [2.75, 3.05) is 13.7 Å². The number of hydrogen-bond donors (Lipinski definition) is 0. The molecule has 5 nitrogen and oxygen atoms in total. The third-order valence-electron chi connectivity index (χ3n) is 1.94. The molecule has 0 aliphatic rings. The lowest BCUT2D eigenvalue weighted by Crippen LogP contribution is -2.11. The van der Waals surface area contributed by atoms with E-state index < -0.39 is 4.92 Å². The third kappa shape index (κ3) is 3.53. The molecular formula is C10H10INO4. The average molecular weight is 335 g/mol. The Kier molecular flexibility index (Phi) is 4.81. The topological polar surface area (TPSA) is 69.4 Å². The molecule has 0 amide bonds. The second kappa shape index (κ2) is 5.90. The molecular weight excluding hydrogens is 325 g/mol. The van der Waals surface area contributed by atoms with Gasteiger partial charge in [0.05, 0.1) is 4.92 Å². The molecule has 0 bridgehead atoms. The maximum absolute atomic E-state index is 11.3. The fraction of sp³-hybridized carbons (Fsp3) is 0.300. The molecule has 1 aromatic carbocycles. The smallest absolute Gasteiger partial charge is 0.274 e. The Morgan fingerprint density at radius 1 is 1.56 bits per heavy atom. The maximum atomic E-state index is 11.3. The molecule has 0 atom stereocenters. The number of ether oxygens (including phenoxy) is 1. The zero-order valence-corrected chi connectivity index (χ0v) is 10.8. The first-order chi connectivity index (χ1) is 7.54. The first kappa shape index (κ1) is 13.0. The van der Waals surface area contributed by atoms with E-state index in [9.17, 15) is 14.9 Å².